The molecule has 0 radical (unpaired) electrons. The molecule has 2 aromatic heterocycles. The molecule has 1 fully saturated rings. The van der Waals surface area contributed by atoms with Gasteiger partial charge in [-0.05, 0) is 24.3 Å². The van der Waals surface area contributed by atoms with Crippen molar-refractivity contribution in [3.63, 3.8) is 0 Å². The number of ether oxygens (including phenoxy) is 1. The van der Waals surface area contributed by atoms with Gasteiger partial charge in [-0.1, -0.05) is 0 Å². The van der Waals surface area contributed by atoms with Crippen molar-refractivity contribution >= 4 is 17.2 Å². The van der Waals surface area contributed by atoms with Crippen LogP contribution in [0.2, 0.25) is 0 Å². The number of aromatic nitrogens is 2. The molecule has 0 bridgehead atoms. The van der Waals surface area contributed by atoms with Crippen molar-refractivity contribution in [1.82, 2.24) is 14.9 Å². The van der Waals surface area contributed by atoms with Crippen molar-refractivity contribution in [2.45, 2.75) is 18.8 Å². The zero-order valence-corrected chi connectivity index (χ0v) is 13.8. The summed E-state index contributed by atoms with van der Waals surface area (Å²) in [6, 6.07) is 3.49. The van der Waals surface area contributed by atoms with Gasteiger partial charge in [-0.3, -0.25) is 9.59 Å². The summed E-state index contributed by atoms with van der Waals surface area (Å²) < 4.78 is 4.89. The molecule has 0 atom stereocenters. The van der Waals surface area contributed by atoms with Crippen molar-refractivity contribution in [2.24, 2.45) is 0 Å². The summed E-state index contributed by atoms with van der Waals surface area (Å²) in [5, 5.41) is 3.95. The standard InChI is InChI=1S/C16H19N3O3S/c1-22-9-15(21)19-5-2-11(3-6-19)16-17-13(8-14(20)18-16)12-4-7-23-10-12/h4,7-8,10-11H,2-3,5-6,9H2,1H3,(H,17,18,20). The Balaban J connectivity index is 1.74. The molecule has 3 heterocycles. The highest BCUT2D eigenvalue weighted by Gasteiger charge is 2.25. The zero-order valence-electron chi connectivity index (χ0n) is 12.9. The maximum atomic E-state index is 11.9. The van der Waals surface area contributed by atoms with E-state index in [4.69, 9.17) is 4.74 Å². The molecule has 1 amide bonds. The fraction of sp³-hybridized carbons (Fsp3) is 0.438. The molecule has 0 aromatic carbocycles. The number of amides is 1. The summed E-state index contributed by atoms with van der Waals surface area (Å²) in [6.45, 7) is 1.45. The lowest BCUT2D eigenvalue weighted by Crippen LogP contribution is -2.40. The second kappa shape index (κ2) is 7.06. The fourth-order valence-electron chi connectivity index (χ4n) is 2.85. The molecule has 0 unspecified atom stereocenters. The van der Waals surface area contributed by atoms with Gasteiger partial charge in [0, 0.05) is 43.1 Å². The van der Waals surface area contributed by atoms with E-state index in [1.54, 1.807) is 16.2 Å². The Morgan fingerprint density at radius 3 is 2.91 bits per heavy atom. The third-order valence-corrected chi connectivity index (χ3v) is 4.76. The lowest BCUT2D eigenvalue weighted by molar-refractivity contribution is -0.136. The summed E-state index contributed by atoms with van der Waals surface area (Å²) in [4.78, 5) is 33.1. The van der Waals surface area contributed by atoms with Crippen LogP contribution in [0.15, 0.2) is 27.7 Å². The van der Waals surface area contributed by atoms with Gasteiger partial charge in [-0.25, -0.2) is 4.98 Å². The number of methoxy groups -OCH3 is 1. The average Bonchev–Trinajstić information content (AvgIpc) is 3.09. The van der Waals surface area contributed by atoms with E-state index in [9.17, 15) is 9.59 Å². The molecule has 3 rings (SSSR count). The molecule has 2 aromatic rings. The quantitative estimate of drug-likeness (QED) is 0.926. The number of nitrogens with one attached hydrogen (secondary N) is 1. The molecular weight excluding hydrogens is 314 g/mol. The number of likely N-dealkylation sites (tertiary alicyclic amines) is 1. The molecule has 1 saturated heterocycles. The third kappa shape index (κ3) is 3.68. The first-order chi connectivity index (χ1) is 11.2. The Morgan fingerprint density at radius 2 is 2.26 bits per heavy atom. The Bertz CT molecular complexity index is 718. The van der Waals surface area contributed by atoms with Gasteiger partial charge < -0.3 is 14.6 Å². The highest BCUT2D eigenvalue weighted by atomic mass is 32.1. The molecular formula is C16H19N3O3S. The normalized spacial score (nSPS) is 15.8. The van der Waals surface area contributed by atoms with Gasteiger partial charge >= 0.3 is 0 Å². The van der Waals surface area contributed by atoms with Gasteiger partial charge in [0.1, 0.15) is 12.4 Å². The topological polar surface area (TPSA) is 75.3 Å². The van der Waals surface area contributed by atoms with Gasteiger partial charge in [0.05, 0.1) is 5.69 Å². The first-order valence-corrected chi connectivity index (χ1v) is 8.52. The molecule has 1 aliphatic rings. The number of rotatable bonds is 4. The van der Waals surface area contributed by atoms with E-state index in [1.165, 1.54) is 13.2 Å². The first kappa shape index (κ1) is 15.9. The monoisotopic (exact) mass is 333 g/mol. The lowest BCUT2D eigenvalue weighted by atomic mass is 9.95. The summed E-state index contributed by atoms with van der Waals surface area (Å²) in [5.74, 6) is 0.907. The average molecular weight is 333 g/mol. The van der Waals surface area contributed by atoms with Crippen LogP contribution < -0.4 is 5.56 Å². The predicted octanol–water partition coefficient (Wildman–Crippen LogP) is 1.85. The number of thiophene rings is 1. The number of nitrogens with zero attached hydrogens (tertiary/aromatic N) is 2. The molecule has 0 saturated carbocycles. The smallest absolute Gasteiger partial charge is 0.251 e. The number of H-pyrrole nitrogens is 1. The summed E-state index contributed by atoms with van der Waals surface area (Å²) >= 11 is 1.58. The number of hydrogen-bond acceptors (Lipinski definition) is 5. The highest BCUT2D eigenvalue weighted by molar-refractivity contribution is 7.08. The fourth-order valence-corrected chi connectivity index (χ4v) is 3.49. The number of aromatic amines is 1. The van der Waals surface area contributed by atoms with Crippen LogP contribution in [0.1, 0.15) is 24.6 Å². The van der Waals surface area contributed by atoms with E-state index in [0.29, 0.717) is 18.8 Å². The minimum Gasteiger partial charge on any atom is -0.375 e. The molecule has 23 heavy (non-hydrogen) atoms. The van der Waals surface area contributed by atoms with Gasteiger partial charge in [0.25, 0.3) is 5.56 Å². The SMILES string of the molecule is COCC(=O)N1CCC(c2nc(-c3ccsc3)cc(=O)[nH]2)CC1. The van der Waals surface area contributed by atoms with E-state index in [1.807, 2.05) is 16.8 Å². The van der Waals surface area contributed by atoms with Crippen LogP contribution in [-0.4, -0.2) is 47.6 Å². The zero-order chi connectivity index (χ0) is 16.2. The number of carbonyl (C=O) groups excluding carboxylic acids is 1. The van der Waals surface area contributed by atoms with Crippen LogP contribution in [-0.2, 0) is 9.53 Å². The maximum absolute atomic E-state index is 11.9. The lowest BCUT2D eigenvalue weighted by Gasteiger charge is -2.31. The highest BCUT2D eigenvalue weighted by Crippen LogP contribution is 2.27. The van der Waals surface area contributed by atoms with Crippen LogP contribution in [0.25, 0.3) is 11.3 Å². The van der Waals surface area contributed by atoms with E-state index in [2.05, 4.69) is 9.97 Å². The van der Waals surface area contributed by atoms with Crippen LogP contribution in [0.5, 0.6) is 0 Å². The van der Waals surface area contributed by atoms with Crippen molar-refractivity contribution < 1.29 is 9.53 Å². The van der Waals surface area contributed by atoms with Crippen molar-refractivity contribution in [3.8, 4) is 11.3 Å². The summed E-state index contributed by atoms with van der Waals surface area (Å²) in [5.41, 5.74) is 1.55. The summed E-state index contributed by atoms with van der Waals surface area (Å²) in [7, 11) is 1.52. The minimum absolute atomic E-state index is 0.0134. The Kier molecular flexibility index (Phi) is 4.88. The van der Waals surface area contributed by atoms with Crippen LogP contribution in [0.3, 0.4) is 0 Å². The molecule has 7 heteroatoms. The maximum Gasteiger partial charge on any atom is 0.251 e. The Labute approximate surface area is 138 Å². The van der Waals surface area contributed by atoms with Crippen LogP contribution >= 0.6 is 11.3 Å². The predicted molar refractivity (Wildman–Crippen MR) is 88.6 cm³/mol. The number of carbonyl (C=O) groups is 1. The second-order valence-corrected chi connectivity index (χ2v) is 6.40. The molecule has 0 spiro atoms. The van der Waals surface area contributed by atoms with E-state index in [0.717, 1.165) is 24.2 Å². The van der Waals surface area contributed by atoms with Crippen LogP contribution in [0.4, 0.5) is 0 Å². The molecule has 1 N–H and O–H groups in total. The second-order valence-electron chi connectivity index (χ2n) is 5.62. The van der Waals surface area contributed by atoms with Gasteiger partial charge in [-0.15, -0.1) is 0 Å². The third-order valence-electron chi connectivity index (χ3n) is 4.08. The minimum atomic E-state index is -0.130. The van der Waals surface area contributed by atoms with Gasteiger partial charge in [-0.2, -0.15) is 11.3 Å². The van der Waals surface area contributed by atoms with Gasteiger partial charge in [0.2, 0.25) is 5.91 Å². The van der Waals surface area contributed by atoms with E-state index in [-0.39, 0.29) is 24.0 Å². The summed E-state index contributed by atoms with van der Waals surface area (Å²) in [6.07, 6.45) is 1.59. The Hall–Kier alpha value is -1.99. The molecule has 122 valence electrons. The van der Waals surface area contributed by atoms with Crippen molar-refractivity contribution in [2.75, 3.05) is 26.8 Å². The van der Waals surface area contributed by atoms with Crippen LogP contribution in [0, 0.1) is 0 Å². The van der Waals surface area contributed by atoms with Crippen molar-refractivity contribution in [3.05, 3.63) is 39.1 Å². The van der Waals surface area contributed by atoms with Crippen molar-refractivity contribution in [1.29, 1.82) is 0 Å². The van der Waals surface area contributed by atoms with E-state index >= 15 is 0 Å². The molecule has 1 aliphatic heterocycles. The number of hydrogen-bond donors (Lipinski definition) is 1. The molecule has 6 nitrogen and oxygen atoms in total. The molecule has 0 aliphatic carbocycles. The van der Waals surface area contributed by atoms with Gasteiger partial charge in [0.15, 0.2) is 0 Å². The Morgan fingerprint density at radius 1 is 1.48 bits per heavy atom. The number of piperidine rings is 1. The largest absolute Gasteiger partial charge is 0.375 e. The van der Waals surface area contributed by atoms with E-state index < -0.39 is 0 Å². The first-order valence-electron chi connectivity index (χ1n) is 7.58.